The summed E-state index contributed by atoms with van der Waals surface area (Å²) in [5, 5.41) is 12.3. The number of aromatic nitrogens is 4. The molecule has 0 aliphatic rings. The molecule has 0 aliphatic heterocycles. The highest BCUT2D eigenvalue weighted by Crippen LogP contribution is 2.21. The van der Waals surface area contributed by atoms with Crippen LogP contribution >= 0.6 is 0 Å². The van der Waals surface area contributed by atoms with Crippen LogP contribution in [0.1, 0.15) is 35.6 Å². The Balaban J connectivity index is 2.26. The molecule has 104 valence electrons. The Labute approximate surface area is 114 Å². The molecule has 2 aromatic heterocycles. The van der Waals surface area contributed by atoms with Gasteiger partial charge in [0.15, 0.2) is 0 Å². The fraction of sp³-hybridized carbons (Fsp3) is 0.571. The number of hydrogen-bond donors (Lipinski definition) is 1. The zero-order valence-corrected chi connectivity index (χ0v) is 12.4. The molecule has 2 heterocycles. The number of aryl methyl sites for hydroxylation is 4. The van der Waals surface area contributed by atoms with Crippen molar-refractivity contribution in [2.45, 2.75) is 39.8 Å². The maximum Gasteiger partial charge on any atom is 0.0641 e. The van der Waals surface area contributed by atoms with Gasteiger partial charge in [0.05, 0.1) is 11.4 Å². The van der Waals surface area contributed by atoms with E-state index < -0.39 is 0 Å². The van der Waals surface area contributed by atoms with Crippen molar-refractivity contribution in [3.63, 3.8) is 0 Å². The molecule has 0 aromatic carbocycles. The van der Waals surface area contributed by atoms with Crippen molar-refractivity contribution in [2.75, 3.05) is 7.05 Å². The van der Waals surface area contributed by atoms with Gasteiger partial charge in [0, 0.05) is 43.5 Å². The van der Waals surface area contributed by atoms with Gasteiger partial charge < -0.3 is 5.32 Å². The summed E-state index contributed by atoms with van der Waals surface area (Å²) in [7, 11) is 3.96. The molecular weight excluding hydrogens is 238 g/mol. The standard InChI is InChI=1S/C14H23N5/c1-6-19-12(7-10(2)16-19)8-14(15-4)13-9-18(5)17-11(13)3/h7,9,14-15H,6,8H2,1-5H3. The smallest absolute Gasteiger partial charge is 0.0641 e. The Kier molecular flexibility index (Phi) is 4.04. The number of nitrogens with zero attached hydrogens (tertiary/aromatic N) is 4. The van der Waals surface area contributed by atoms with E-state index in [4.69, 9.17) is 0 Å². The van der Waals surface area contributed by atoms with Crippen LogP contribution in [0.3, 0.4) is 0 Å². The molecule has 0 aliphatic carbocycles. The van der Waals surface area contributed by atoms with Gasteiger partial charge in [-0.05, 0) is 33.9 Å². The Hall–Kier alpha value is -1.62. The fourth-order valence-electron chi connectivity index (χ4n) is 2.57. The van der Waals surface area contributed by atoms with E-state index in [0.29, 0.717) is 0 Å². The zero-order chi connectivity index (χ0) is 14.0. The van der Waals surface area contributed by atoms with Crippen molar-refractivity contribution in [3.05, 3.63) is 34.9 Å². The van der Waals surface area contributed by atoms with Crippen LogP contribution in [0.2, 0.25) is 0 Å². The first-order valence-electron chi connectivity index (χ1n) is 6.75. The molecule has 0 saturated carbocycles. The highest BCUT2D eigenvalue weighted by molar-refractivity contribution is 5.23. The molecular formula is C14H23N5. The summed E-state index contributed by atoms with van der Waals surface area (Å²) in [5.41, 5.74) is 4.69. The maximum absolute atomic E-state index is 4.51. The first kappa shape index (κ1) is 13.8. The predicted octanol–water partition coefficient (Wildman–Crippen LogP) is 1.76. The van der Waals surface area contributed by atoms with Crippen molar-refractivity contribution in [1.29, 1.82) is 0 Å². The van der Waals surface area contributed by atoms with Crippen molar-refractivity contribution in [1.82, 2.24) is 24.9 Å². The first-order valence-corrected chi connectivity index (χ1v) is 6.75. The molecule has 0 amide bonds. The molecule has 0 bridgehead atoms. The molecule has 1 atom stereocenters. The third-order valence-electron chi connectivity index (χ3n) is 3.47. The lowest BCUT2D eigenvalue weighted by Gasteiger charge is -2.16. The van der Waals surface area contributed by atoms with Gasteiger partial charge in [-0.25, -0.2) is 0 Å². The lowest BCUT2D eigenvalue weighted by molar-refractivity contribution is 0.539. The summed E-state index contributed by atoms with van der Waals surface area (Å²) in [4.78, 5) is 0. The molecule has 2 aromatic rings. The van der Waals surface area contributed by atoms with Crippen LogP contribution in [0.25, 0.3) is 0 Å². The predicted molar refractivity (Wildman–Crippen MR) is 76.1 cm³/mol. The minimum Gasteiger partial charge on any atom is -0.313 e. The quantitative estimate of drug-likeness (QED) is 0.892. The highest BCUT2D eigenvalue weighted by Gasteiger charge is 2.17. The van der Waals surface area contributed by atoms with Crippen LogP contribution in [0.5, 0.6) is 0 Å². The number of hydrogen-bond acceptors (Lipinski definition) is 3. The van der Waals surface area contributed by atoms with E-state index in [1.807, 2.05) is 25.7 Å². The normalized spacial score (nSPS) is 12.9. The van der Waals surface area contributed by atoms with Gasteiger partial charge >= 0.3 is 0 Å². The SMILES string of the molecule is CCn1nc(C)cc1CC(NC)c1cn(C)nc1C. The molecule has 2 rings (SSSR count). The molecule has 5 nitrogen and oxygen atoms in total. The van der Waals surface area contributed by atoms with E-state index in [-0.39, 0.29) is 6.04 Å². The molecule has 1 unspecified atom stereocenters. The van der Waals surface area contributed by atoms with Gasteiger partial charge in [-0.3, -0.25) is 9.36 Å². The third-order valence-corrected chi connectivity index (χ3v) is 3.47. The average Bonchev–Trinajstić information content (AvgIpc) is 2.88. The lowest BCUT2D eigenvalue weighted by Crippen LogP contribution is -2.21. The fourth-order valence-corrected chi connectivity index (χ4v) is 2.57. The first-order chi connectivity index (χ1) is 9.05. The van der Waals surface area contributed by atoms with E-state index in [1.165, 1.54) is 11.3 Å². The summed E-state index contributed by atoms with van der Waals surface area (Å²) in [6, 6.07) is 2.44. The lowest BCUT2D eigenvalue weighted by atomic mass is 10.0. The summed E-state index contributed by atoms with van der Waals surface area (Å²) >= 11 is 0. The van der Waals surface area contributed by atoms with Crippen LogP contribution in [0.4, 0.5) is 0 Å². The molecule has 1 N–H and O–H groups in total. The third kappa shape index (κ3) is 2.87. The van der Waals surface area contributed by atoms with Gasteiger partial charge in [0.1, 0.15) is 0 Å². The molecule has 0 radical (unpaired) electrons. The topological polar surface area (TPSA) is 47.7 Å². The van der Waals surface area contributed by atoms with Crippen LogP contribution in [-0.2, 0) is 20.0 Å². The Morgan fingerprint density at radius 3 is 2.58 bits per heavy atom. The second-order valence-electron chi connectivity index (χ2n) is 4.98. The van der Waals surface area contributed by atoms with E-state index in [9.17, 15) is 0 Å². The molecule has 0 saturated heterocycles. The van der Waals surface area contributed by atoms with Gasteiger partial charge in [0.2, 0.25) is 0 Å². The van der Waals surface area contributed by atoms with Crippen LogP contribution in [0.15, 0.2) is 12.3 Å². The van der Waals surface area contributed by atoms with Crippen LogP contribution < -0.4 is 5.32 Å². The largest absolute Gasteiger partial charge is 0.313 e. The van der Waals surface area contributed by atoms with Gasteiger partial charge in [-0.15, -0.1) is 0 Å². The van der Waals surface area contributed by atoms with Gasteiger partial charge in [-0.2, -0.15) is 10.2 Å². The Bertz CT molecular complexity index is 552. The average molecular weight is 261 g/mol. The number of rotatable bonds is 5. The van der Waals surface area contributed by atoms with E-state index >= 15 is 0 Å². The van der Waals surface area contributed by atoms with Gasteiger partial charge in [0.25, 0.3) is 0 Å². The summed E-state index contributed by atoms with van der Waals surface area (Å²) in [5.74, 6) is 0. The van der Waals surface area contributed by atoms with Gasteiger partial charge in [-0.1, -0.05) is 0 Å². The minimum absolute atomic E-state index is 0.273. The molecule has 5 heteroatoms. The van der Waals surface area contributed by atoms with Crippen molar-refractivity contribution < 1.29 is 0 Å². The zero-order valence-electron chi connectivity index (χ0n) is 12.4. The van der Waals surface area contributed by atoms with Crippen molar-refractivity contribution in [2.24, 2.45) is 7.05 Å². The summed E-state index contributed by atoms with van der Waals surface area (Å²) in [6.07, 6.45) is 3.02. The van der Waals surface area contributed by atoms with Crippen molar-refractivity contribution >= 4 is 0 Å². The second kappa shape index (κ2) is 5.57. The van der Waals surface area contributed by atoms with E-state index in [1.54, 1.807) is 0 Å². The summed E-state index contributed by atoms with van der Waals surface area (Å²) < 4.78 is 3.95. The Morgan fingerprint density at radius 1 is 1.32 bits per heavy atom. The second-order valence-corrected chi connectivity index (χ2v) is 4.98. The Morgan fingerprint density at radius 2 is 2.05 bits per heavy atom. The number of nitrogens with one attached hydrogen (secondary N) is 1. The van der Waals surface area contributed by atoms with E-state index in [2.05, 4.69) is 46.3 Å². The minimum atomic E-state index is 0.273. The van der Waals surface area contributed by atoms with E-state index in [0.717, 1.165) is 24.4 Å². The monoisotopic (exact) mass is 261 g/mol. The van der Waals surface area contributed by atoms with Crippen LogP contribution in [-0.4, -0.2) is 26.6 Å². The molecule has 0 spiro atoms. The van der Waals surface area contributed by atoms with Crippen LogP contribution in [0, 0.1) is 13.8 Å². The van der Waals surface area contributed by atoms with Crippen molar-refractivity contribution in [3.8, 4) is 0 Å². The highest BCUT2D eigenvalue weighted by atomic mass is 15.3. The molecule has 0 fully saturated rings. The summed E-state index contributed by atoms with van der Waals surface area (Å²) in [6.45, 7) is 7.13. The molecule has 19 heavy (non-hydrogen) atoms. The maximum atomic E-state index is 4.51. The number of likely N-dealkylation sites (N-methyl/N-ethyl adjacent to an activating group) is 1.